The lowest BCUT2D eigenvalue weighted by atomic mass is 10.1. The molecule has 1 aromatic heterocycles. The number of nitrogens with two attached hydrogens (primary N) is 1. The number of rotatable bonds is 3. The molecule has 0 aliphatic rings. The first-order valence-corrected chi connectivity index (χ1v) is 6.63. The molecule has 2 N–H and O–H groups in total. The van der Waals surface area contributed by atoms with Gasteiger partial charge in [0, 0.05) is 11.9 Å². The minimum absolute atomic E-state index is 0.156. The van der Waals surface area contributed by atoms with Gasteiger partial charge in [-0.25, -0.2) is 4.79 Å². The molecule has 0 aliphatic heterocycles. The summed E-state index contributed by atoms with van der Waals surface area (Å²) in [6, 6.07) is 8.44. The van der Waals surface area contributed by atoms with Crippen LogP contribution in [0.25, 0.3) is 0 Å². The molecule has 104 valence electrons. The van der Waals surface area contributed by atoms with Crippen molar-refractivity contribution in [2.75, 3.05) is 12.8 Å². The van der Waals surface area contributed by atoms with Gasteiger partial charge in [0.15, 0.2) is 0 Å². The molecule has 6 heteroatoms. The van der Waals surface area contributed by atoms with E-state index >= 15 is 0 Å². The van der Waals surface area contributed by atoms with Crippen LogP contribution in [0, 0.1) is 0 Å². The highest BCUT2D eigenvalue weighted by molar-refractivity contribution is 9.10. The van der Waals surface area contributed by atoms with Crippen molar-refractivity contribution in [1.29, 1.82) is 0 Å². The molecule has 1 aromatic carbocycles. The molecule has 0 atom stereocenters. The third-order valence-corrected chi connectivity index (χ3v) is 3.36. The van der Waals surface area contributed by atoms with Gasteiger partial charge >= 0.3 is 5.97 Å². The van der Waals surface area contributed by atoms with Crippen LogP contribution in [0.1, 0.15) is 15.9 Å². The second-order valence-electron chi connectivity index (χ2n) is 4.24. The van der Waals surface area contributed by atoms with Crippen LogP contribution in [0.5, 0.6) is 0 Å². The van der Waals surface area contributed by atoms with Gasteiger partial charge in [0.25, 0.3) is 5.56 Å². The lowest BCUT2D eigenvalue weighted by molar-refractivity contribution is 0.0600. The summed E-state index contributed by atoms with van der Waals surface area (Å²) in [4.78, 5) is 23.3. The zero-order chi connectivity index (χ0) is 14.7. The molecular weight excluding hydrogens is 324 g/mol. The molecule has 1 heterocycles. The summed E-state index contributed by atoms with van der Waals surface area (Å²) in [5.74, 6) is -0.389. The topological polar surface area (TPSA) is 74.3 Å². The molecule has 0 bridgehead atoms. The first kappa shape index (κ1) is 14.3. The number of hydrogen-bond acceptors (Lipinski definition) is 4. The molecule has 0 spiro atoms. The number of nitrogen functional groups attached to an aromatic ring is 1. The normalized spacial score (nSPS) is 10.3. The summed E-state index contributed by atoms with van der Waals surface area (Å²) < 4.78 is 6.55. The molecule has 0 aliphatic carbocycles. The largest absolute Gasteiger partial charge is 0.465 e. The molecule has 2 aromatic rings. The number of benzene rings is 1. The number of aromatic nitrogens is 1. The molecule has 0 saturated heterocycles. The number of hydrogen-bond donors (Lipinski definition) is 1. The number of carbonyl (C=O) groups is 1. The molecule has 0 saturated carbocycles. The Hall–Kier alpha value is -2.08. The standard InChI is InChI=1S/C14H13BrN2O3/c1-20-14(19)10-4-2-9(3-5-10)7-17-8-11(16)6-12(15)13(17)18/h2-6,8H,7,16H2,1H3. The van der Waals surface area contributed by atoms with Gasteiger partial charge in [0.2, 0.25) is 0 Å². The number of esters is 1. The van der Waals surface area contributed by atoms with Gasteiger partial charge in [-0.3, -0.25) is 4.79 Å². The van der Waals surface area contributed by atoms with Crippen molar-refractivity contribution < 1.29 is 9.53 Å². The maximum Gasteiger partial charge on any atom is 0.337 e. The Kier molecular flexibility index (Phi) is 4.24. The average molecular weight is 337 g/mol. The minimum atomic E-state index is -0.389. The van der Waals surface area contributed by atoms with Crippen LogP contribution < -0.4 is 11.3 Å². The second-order valence-corrected chi connectivity index (χ2v) is 5.10. The zero-order valence-corrected chi connectivity index (χ0v) is 12.4. The summed E-state index contributed by atoms with van der Waals surface area (Å²) >= 11 is 3.18. The molecule has 0 amide bonds. The van der Waals surface area contributed by atoms with Gasteiger partial charge < -0.3 is 15.0 Å². The van der Waals surface area contributed by atoms with E-state index in [1.807, 2.05) is 0 Å². The van der Waals surface area contributed by atoms with Crippen molar-refractivity contribution in [3.8, 4) is 0 Å². The van der Waals surface area contributed by atoms with Gasteiger partial charge in [-0.05, 0) is 39.7 Å². The minimum Gasteiger partial charge on any atom is -0.465 e. The molecular formula is C14H13BrN2O3. The van der Waals surface area contributed by atoms with E-state index in [0.717, 1.165) is 5.56 Å². The average Bonchev–Trinajstić information content (AvgIpc) is 2.44. The monoisotopic (exact) mass is 336 g/mol. The van der Waals surface area contributed by atoms with Crippen LogP contribution in [0.3, 0.4) is 0 Å². The fourth-order valence-electron chi connectivity index (χ4n) is 1.80. The highest BCUT2D eigenvalue weighted by Crippen LogP contribution is 2.11. The lowest BCUT2D eigenvalue weighted by Gasteiger charge is -2.08. The third kappa shape index (κ3) is 3.08. The quantitative estimate of drug-likeness (QED) is 0.870. The Labute approximate surface area is 124 Å². The fraction of sp³-hybridized carbons (Fsp3) is 0.143. The van der Waals surface area contributed by atoms with E-state index in [4.69, 9.17) is 5.73 Å². The third-order valence-electron chi connectivity index (χ3n) is 2.79. The van der Waals surface area contributed by atoms with Crippen LogP contribution in [0.2, 0.25) is 0 Å². The zero-order valence-electron chi connectivity index (χ0n) is 10.8. The Balaban J connectivity index is 2.27. The summed E-state index contributed by atoms with van der Waals surface area (Å²) in [6.07, 6.45) is 1.58. The van der Waals surface area contributed by atoms with Gasteiger partial charge in [-0.1, -0.05) is 12.1 Å². The van der Waals surface area contributed by atoms with Crippen molar-refractivity contribution in [1.82, 2.24) is 4.57 Å². The SMILES string of the molecule is COC(=O)c1ccc(Cn2cc(N)cc(Br)c2=O)cc1. The first-order chi connectivity index (χ1) is 9.51. The molecule has 5 nitrogen and oxygen atoms in total. The maximum absolute atomic E-state index is 11.9. The Morgan fingerprint density at radius 1 is 1.35 bits per heavy atom. The molecule has 0 unspecified atom stereocenters. The summed E-state index contributed by atoms with van der Waals surface area (Å²) in [5.41, 5.74) is 7.42. The maximum atomic E-state index is 11.9. The Bertz CT molecular complexity index is 693. The van der Waals surface area contributed by atoms with E-state index in [0.29, 0.717) is 22.3 Å². The molecule has 2 rings (SSSR count). The molecule has 0 radical (unpaired) electrons. The number of pyridine rings is 1. The van der Waals surface area contributed by atoms with Crippen LogP contribution in [0.15, 0.2) is 45.8 Å². The van der Waals surface area contributed by atoms with E-state index in [-0.39, 0.29) is 11.5 Å². The number of methoxy groups -OCH3 is 1. The molecule has 20 heavy (non-hydrogen) atoms. The summed E-state index contributed by atoms with van der Waals surface area (Å²) in [5, 5.41) is 0. The Morgan fingerprint density at radius 2 is 2.00 bits per heavy atom. The van der Waals surface area contributed by atoms with Gasteiger partial charge in [0.1, 0.15) is 0 Å². The smallest absolute Gasteiger partial charge is 0.337 e. The molecule has 0 fully saturated rings. The number of nitrogens with zero attached hydrogens (tertiary/aromatic N) is 1. The highest BCUT2D eigenvalue weighted by atomic mass is 79.9. The fourth-order valence-corrected chi connectivity index (χ4v) is 2.29. The highest BCUT2D eigenvalue weighted by Gasteiger charge is 2.06. The van der Waals surface area contributed by atoms with E-state index in [1.165, 1.54) is 11.7 Å². The van der Waals surface area contributed by atoms with Gasteiger partial charge in [-0.2, -0.15) is 0 Å². The summed E-state index contributed by atoms with van der Waals surface area (Å²) in [7, 11) is 1.33. The van der Waals surface area contributed by atoms with Crippen LogP contribution in [-0.4, -0.2) is 17.6 Å². The van der Waals surface area contributed by atoms with Gasteiger partial charge in [-0.15, -0.1) is 0 Å². The predicted molar refractivity (Wildman–Crippen MR) is 79.7 cm³/mol. The van der Waals surface area contributed by atoms with Gasteiger partial charge in [0.05, 0.1) is 23.7 Å². The van der Waals surface area contributed by atoms with Crippen LogP contribution in [0.4, 0.5) is 5.69 Å². The van der Waals surface area contributed by atoms with Crippen LogP contribution in [-0.2, 0) is 11.3 Å². The van der Waals surface area contributed by atoms with E-state index in [2.05, 4.69) is 20.7 Å². The van der Waals surface area contributed by atoms with Crippen LogP contribution >= 0.6 is 15.9 Å². The lowest BCUT2D eigenvalue weighted by Crippen LogP contribution is -2.21. The summed E-state index contributed by atoms with van der Waals surface area (Å²) in [6.45, 7) is 0.379. The number of anilines is 1. The first-order valence-electron chi connectivity index (χ1n) is 5.84. The van der Waals surface area contributed by atoms with E-state index in [1.54, 1.807) is 36.5 Å². The predicted octanol–water partition coefficient (Wildman–Crippen LogP) is 2.03. The van der Waals surface area contributed by atoms with Crippen molar-refractivity contribution in [3.63, 3.8) is 0 Å². The van der Waals surface area contributed by atoms with Crippen molar-refractivity contribution >= 4 is 27.6 Å². The van der Waals surface area contributed by atoms with E-state index < -0.39 is 0 Å². The van der Waals surface area contributed by atoms with Crippen molar-refractivity contribution in [2.45, 2.75) is 6.54 Å². The number of carbonyl (C=O) groups excluding carboxylic acids is 1. The van der Waals surface area contributed by atoms with Crippen molar-refractivity contribution in [2.24, 2.45) is 0 Å². The van der Waals surface area contributed by atoms with E-state index in [9.17, 15) is 9.59 Å². The second kappa shape index (κ2) is 5.92. The van der Waals surface area contributed by atoms with Crippen molar-refractivity contribution in [3.05, 3.63) is 62.5 Å². The Morgan fingerprint density at radius 3 is 2.60 bits per heavy atom. The number of halogens is 1. The number of ether oxygens (including phenoxy) is 1.